The molecule has 6 nitrogen and oxygen atoms in total. The van der Waals surface area contributed by atoms with Gasteiger partial charge < -0.3 is 10.6 Å². The maximum atomic E-state index is 12.4. The van der Waals surface area contributed by atoms with E-state index in [9.17, 15) is 14.4 Å². The van der Waals surface area contributed by atoms with Crippen LogP contribution in [0, 0.1) is 0 Å². The minimum Gasteiger partial charge on any atom is -0.354 e. The van der Waals surface area contributed by atoms with Crippen molar-refractivity contribution in [2.24, 2.45) is 0 Å². The van der Waals surface area contributed by atoms with E-state index in [4.69, 9.17) is 0 Å². The van der Waals surface area contributed by atoms with Gasteiger partial charge in [0.05, 0.1) is 12.5 Å². The van der Waals surface area contributed by atoms with E-state index in [1.165, 1.54) is 5.56 Å². The van der Waals surface area contributed by atoms with Gasteiger partial charge >= 0.3 is 6.03 Å². The van der Waals surface area contributed by atoms with Crippen LogP contribution in [-0.4, -0.2) is 42.4 Å². The van der Waals surface area contributed by atoms with Gasteiger partial charge in [-0.25, -0.2) is 4.79 Å². The van der Waals surface area contributed by atoms with Gasteiger partial charge in [-0.15, -0.1) is 0 Å². The minimum absolute atomic E-state index is 0.0285. The first-order valence-corrected chi connectivity index (χ1v) is 7.60. The summed E-state index contributed by atoms with van der Waals surface area (Å²) in [5.74, 6) is -0.408. The predicted molar refractivity (Wildman–Crippen MR) is 80.2 cm³/mol. The Bertz CT molecular complexity index is 598. The normalized spacial score (nSPS) is 20.5. The molecule has 116 valence electrons. The first-order valence-electron chi connectivity index (χ1n) is 7.60. The molecule has 0 saturated carbocycles. The Morgan fingerprint density at radius 2 is 2.14 bits per heavy atom. The number of nitrogens with zero attached hydrogens (tertiary/aromatic N) is 1. The van der Waals surface area contributed by atoms with Crippen molar-refractivity contribution in [1.29, 1.82) is 0 Å². The third-order valence-electron chi connectivity index (χ3n) is 4.26. The van der Waals surface area contributed by atoms with Crippen LogP contribution < -0.4 is 10.6 Å². The second-order valence-corrected chi connectivity index (χ2v) is 5.64. The van der Waals surface area contributed by atoms with Crippen LogP contribution in [0.15, 0.2) is 24.3 Å². The summed E-state index contributed by atoms with van der Waals surface area (Å²) >= 11 is 0. The lowest BCUT2D eigenvalue weighted by atomic mass is 9.82. The number of carbonyl (C=O) groups excluding carboxylic acids is 3. The molecule has 2 N–H and O–H groups in total. The van der Waals surface area contributed by atoms with Gasteiger partial charge in [0.25, 0.3) is 0 Å². The van der Waals surface area contributed by atoms with Crippen molar-refractivity contribution in [3.05, 3.63) is 35.4 Å². The molecular weight excluding hydrogens is 282 g/mol. The van der Waals surface area contributed by atoms with E-state index < -0.39 is 0 Å². The second-order valence-electron chi connectivity index (χ2n) is 5.64. The summed E-state index contributed by atoms with van der Waals surface area (Å²) < 4.78 is 0. The molecule has 4 amide bonds. The van der Waals surface area contributed by atoms with E-state index in [-0.39, 0.29) is 43.4 Å². The van der Waals surface area contributed by atoms with Crippen molar-refractivity contribution >= 4 is 17.8 Å². The fourth-order valence-corrected chi connectivity index (χ4v) is 3.12. The van der Waals surface area contributed by atoms with Gasteiger partial charge in [0.15, 0.2) is 0 Å². The van der Waals surface area contributed by atoms with Crippen molar-refractivity contribution in [2.75, 3.05) is 19.6 Å². The average molecular weight is 301 g/mol. The van der Waals surface area contributed by atoms with Crippen molar-refractivity contribution in [3.63, 3.8) is 0 Å². The number of fused-ring (bicyclic) bond motifs is 1. The largest absolute Gasteiger partial charge is 0.354 e. The molecule has 1 aliphatic carbocycles. The van der Waals surface area contributed by atoms with E-state index in [0.29, 0.717) is 0 Å². The molecule has 1 aromatic rings. The van der Waals surface area contributed by atoms with Crippen LogP contribution >= 0.6 is 0 Å². The van der Waals surface area contributed by atoms with Crippen LogP contribution in [-0.2, 0) is 16.0 Å². The van der Waals surface area contributed by atoms with Crippen LogP contribution in [0.4, 0.5) is 4.79 Å². The smallest absolute Gasteiger partial charge is 0.324 e. The van der Waals surface area contributed by atoms with Crippen LogP contribution in [0.2, 0.25) is 0 Å². The van der Waals surface area contributed by atoms with Crippen LogP contribution in [0.5, 0.6) is 0 Å². The molecule has 1 unspecified atom stereocenters. The highest BCUT2D eigenvalue weighted by atomic mass is 16.2. The molecule has 1 saturated heterocycles. The quantitative estimate of drug-likeness (QED) is 0.807. The lowest BCUT2D eigenvalue weighted by molar-refractivity contribution is -0.126. The van der Waals surface area contributed by atoms with E-state index in [2.05, 4.69) is 16.7 Å². The Kier molecular flexibility index (Phi) is 4.09. The molecule has 0 aromatic heterocycles. The standard InChI is InChI=1S/C16H19N3O3/c20-14-10-18-16(22)19(14)9-8-17-15(21)13-7-3-5-11-4-1-2-6-12(11)13/h1-2,4,6,13H,3,5,7-10H2,(H,17,21)(H,18,22). The van der Waals surface area contributed by atoms with E-state index >= 15 is 0 Å². The monoisotopic (exact) mass is 301 g/mol. The number of aryl methyl sites for hydroxylation is 1. The number of urea groups is 1. The molecule has 0 spiro atoms. The Labute approximate surface area is 128 Å². The Balaban J connectivity index is 1.57. The van der Waals surface area contributed by atoms with Gasteiger partial charge in [0, 0.05) is 13.1 Å². The van der Waals surface area contributed by atoms with E-state index in [0.717, 1.165) is 29.7 Å². The summed E-state index contributed by atoms with van der Waals surface area (Å²) in [5.41, 5.74) is 2.34. The number of rotatable bonds is 4. The molecule has 6 heteroatoms. The summed E-state index contributed by atoms with van der Waals surface area (Å²) in [6, 6.07) is 7.65. The number of hydrogen-bond donors (Lipinski definition) is 2. The third-order valence-corrected chi connectivity index (χ3v) is 4.26. The summed E-state index contributed by atoms with van der Waals surface area (Å²) in [4.78, 5) is 36.4. The number of hydrogen-bond acceptors (Lipinski definition) is 3. The van der Waals surface area contributed by atoms with Gasteiger partial charge in [0.2, 0.25) is 11.8 Å². The lowest BCUT2D eigenvalue weighted by Crippen LogP contribution is -2.40. The average Bonchev–Trinajstić information content (AvgIpc) is 2.86. The molecule has 3 rings (SSSR count). The van der Waals surface area contributed by atoms with Crippen LogP contribution in [0.25, 0.3) is 0 Å². The molecule has 1 aliphatic heterocycles. The highest BCUT2D eigenvalue weighted by Crippen LogP contribution is 2.31. The zero-order chi connectivity index (χ0) is 15.5. The fourth-order valence-electron chi connectivity index (χ4n) is 3.12. The van der Waals surface area contributed by atoms with E-state index in [1.54, 1.807) is 0 Å². The van der Waals surface area contributed by atoms with Gasteiger partial charge in [-0.1, -0.05) is 24.3 Å². The van der Waals surface area contributed by atoms with Crippen molar-refractivity contribution in [2.45, 2.75) is 25.2 Å². The molecule has 22 heavy (non-hydrogen) atoms. The summed E-state index contributed by atoms with van der Waals surface area (Å²) in [5, 5.41) is 5.31. The highest BCUT2D eigenvalue weighted by molar-refractivity contribution is 6.01. The molecule has 0 radical (unpaired) electrons. The topological polar surface area (TPSA) is 78.5 Å². The van der Waals surface area contributed by atoms with Gasteiger partial charge in [-0.2, -0.15) is 0 Å². The third kappa shape index (κ3) is 2.81. The number of benzene rings is 1. The van der Waals surface area contributed by atoms with Gasteiger partial charge in [-0.05, 0) is 30.4 Å². The maximum Gasteiger partial charge on any atom is 0.324 e. The molecule has 0 bridgehead atoms. The van der Waals surface area contributed by atoms with E-state index in [1.807, 2.05) is 18.2 Å². The molecule has 2 aliphatic rings. The summed E-state index contributed by atoms with van der Waals surface area (Å²) in [6.07, 6.45) is 2.86. The zero-order valence-corrected chi connectivity index (χ0v) is 12.3. The molecule has 1 fully saturated rings. The van der Waals surface area contributed by atoms with Crippen LogP contribution in [0.3, 0.4) is 0 Å². The first kappa shape index (κ1) is 14.6. The molecule has 1 atom stereocenters. The van der Waals surface area contributed by atoms with Crippen LogP contribution in [0.1, 0.15) is 29.9 Å². The number of amides is 4. The SMILES string of the molecule is O=C(NCCN1C(=O)CNC1=O)C1CCCc2ccccc21. The van der Waals surface area contributed by atoms with Crippen molar-refractivity contribution in [1.82, 2.24) is 15.5 Å². The fraction of sp³-hybridized carbons (Fsp3) is 0.438. The number of imide groups is 1. The zero-order valence-electron chi connectivity index (χ0n) is 12.3. The Morgan fingerprint density at radius 1 is 1.32 bits per heavy atom. The molecule has 1 heterocycles. The van der Waals surface area contributed by atoms with Crippen molar-refractivity contribution < 1.29 is 14.4 Å². The first-order chi connectivity index (χ1) is 10.7. The minimum atomic E-state index is -0.387. The Hall–Kier alpha value is -2.37. The summed E-state index contributed by atoms with van der Waals surface area (Å²) in [6.45, 7) is 0.546. The molecular formula is C16H19N3O3. The predicted octanol–water partition coefficient (Wildman–Crippen LogP) is 0.774. The Morgan fingerprint density at radius 3 is 2.91 bits per heavy atom. The number of carbonyl (C=O) groups is 3. The van der Waals surface area contributed by atoms with Crippen molar-refractivity contribution in [3.8, 4) is 0 Å². The van der Waals surface area contributed by atoms with Gasteiger partial charge in [-0.3, -0.25) is 14.5 Å². The lowest BCUT2D eigenvalue weighted by Gasteiger charge is -2.25. The van der Waals surface area contributed by atoms with Gasteiger partial charge in [0.1, 0.15) is 0 Å². The molecule has 1 aromatic carbocycles. The number of nitrogens with one attached hydrogen (secondary N) is 2. The second kappa shape index (κ2) is 6.17. The highest BCUT2D eigenvalue weighted by Gasteiger charge is 2.29. The maximum absolute atomic E-state index is 12.4. The summed E-state index contributed by atoms with van der Waals surface area (Å²) in [7, 11) is 0.